The monoisotopic (exact) mass is 307 g/mol. The van der Waals surface area contributed by atoms with Gasteiger partial charge in [-0.1, -0.05) is 11.6 Å². The van der Waals surface area contributed by atoms with E-state index in [0.717, 1.165) is 36.8 Å². The van der Waals surface area contributed by atoms with Crippen molar-refractivity contribution in [2.45, 2.75) is 18.9 Å². The van der Waals surface area contributed by atoms with Gasteiger partial charge in [-0.25, -0.2) is 9.97 Å². The molecule has 0 bridgehead atoms. The van der Waals surface area contributed by atoms with Crippen LogP contribution < -0.4 is 9.47 Å². The van der Waals surface area contributed by atoms with Crippen molar-refractivity contribution in [3.05, 3.63) is 23.6 Å². The lowest BCUT2D eigenvalue weighted by Crippen LogP contribution is -2.35. The number of methoxy groups -OCH3 is 1. The molecule has 6 heteroatoms. The first-order valence-corrected chi connectivity index (χ1v) is 7.39. The number of hydrogen-bond acceptors (Lipinski definition) is 5. The van der Waals surface area contributed by atoms with Crippen LogP contribution in [-0.2, 0) is 0 Å². The number of ether oxygens (including phenoxy) is 2. The largest absolute Gasteiger partial charge is 0.493 e. The van der Waals surface area contributed by atoms with E-state index in [1.54, 1.807) is 7.11 Å². The van der Waals surface area contributed by atoms with E-state index >= 15 is 0 Å². The van der Waals surface area contributed by atoms with Gasteiger partial charge in [0, 0.05) is 13.1 Å². The van der Waals surface area contributed by atoms with Crippen LogP contribution in [0.5, 0.6) is 11.5 Å². The first-order valence-electron chi connectivity index (χ1n) is 7.01. The molecular weight excluding hydrogens is 290 g/mol. The summed E-state index contributed by atoms with van der Waals surface area (Å²) in [6, 6.07) is 3.72. The van der Waals surface area contributed by atoms with Crippen molar-refractivity contribution >= 4 is 22.5 Å². The van der Waals surface area contributed by atoms with Crippen LogP contribution in [0, 0.1) is 0 Å². The molecule has 2 heterocycles. The van der Waals surface area contributed by atoms with Gasteiger partial charge in [0.05, 0.1) is 18.0 Å². The van der Waals surface area contributed by atoms with E-state index in [9.17, 15) is 0 Å². The first-order chi connectivity index (χ1) is 10.2. The van der Waals surface area contributed by atoms with Gasteiger partial charge in [0.15, 0.2) is 11.5 Å². The molecule has 1 aliphatic rings. The molecule has 1 aromatic carbocycles. The second-order valence-corrected chi connectivity index (χ2v) is 5.63. The fourth-order valence-corrected chi connectivity index (χ4v) is 2.84. The molecule has 3 rings (SSSR count). The van der Waals surface area contributed by atoms with Gasteiger partial charge < -0.3 is 14.4 Å². The van der Waals surface area contributed by atoms with Crippen molar-refractivity contribution in [1.82, 2.24) is 14.9 Å². The van der Waals surface area contributed by atoms with Crippen molar-refractivity contribution in [2.75, 3.05) is 27.2 Å². The molecule has 2 aromatic rings. The van der Waals surface area contributed by atoms with Crippen LogP contribution in [0.4, 0.5) is 0 Å². The second-order valence-electron chi connectivity index (χ2n) is 5.28. The minimum atomic E-state index is 0.164. The number of halogens is 1. The molecule has 0 amide bonds. The number of hydrogen-bond donors (Lipinski definition) is 0. The van der Waals surface area contributed by atoms with Gasteiger partial charge in [0.25, 0.3) is 0 Å². The molecule has 1 aromatic heterocycles. The van der Waals surface area contributed by atoms with E-state index in [1.165, 1.54) is 6.33 Å². The predicted molar refractivity (Wildman–Crippen MR) is 82.2 cm³/mol. The third-order valence-corrected chi connectivity index (χ3v) is 4.13. The molecule has 0 atom stereocenters. The Morgan fingerprint density at radius 3 is 2.71 bits per heavy atom. The zero-order valence-corrected chi connectivity index (χ0v) is 12.9. The Hall–Kier alpha value is -1.59. The van der Waals surface area contributed by atoms with Gasteiger partial charge in [0.1, 0.15) is 17.6 Å². The van der Waals surface area contributed by atoms with E-state index in [2.05, 4.69) is 21.9 Å². The van der Waals surface area contributed by atoms with Gasteiger partial charge in [-0.2, -0.15) is 0 Å². The molecule has 0 radical (unpaired) electrons. The van der Waals surface area contributed by atoms with E-state index in [4.69, 9.17) is 21.1 Å². The van der Waals surface area contributed by atoms with Crippen molar-refractivity contribution in [3.63, 3.8) is 0 Å². The quantitative estimate of drug-likeness (QED) is 0.816. The highest BCUT2D eigenvalue weighted by Crippen LogP contribution is 2.39. The molecule has 1 aliphatic heterocycles. The first kappa shape index (κ1) is 14.4. The highest BCUT2D eigenvalue weighted by molar-refractivity contribution is 6.34. The van der Waals surface area contributed by atoms with Gasteiger partial charge in [-0.3, -0.25) is 0 Å². The minimum absolute atomic E-state index is 0.164. The zero-order valence-electron chi connectivity index (χ0n) is 12.2. The molecule has 5 nitrogen and oxygen atoms in total. The van der Waals surface area contributed by atoms with Gasteiger partial charge in [-0.05, 0) is 32.0 Å². The summed E-state index contributed by atoms with van der Waals surface area (Å²) in [6.45, 7) is 2.06. The van der Waals surface area contributed by atoms with E-state index in [0.29, 0.717) is 16.7 Å². The van der Waals surface area contributed by atoms with Crippen LogP contribution in [0.15, 0.2) is 18.5 Å². The van der Waals surface area contributed by atoms with Crippen LogP contribution >= 0.6 is 11.6 Å². The lowest BCUT2D eigenvalue weighted by Gasteiger charge is -2.30. The number of piperidine rings is 1. The summed E-state index contributed by atoms with van der Waals surface area (Å²) in [6.07, 6.45) is 3.59. The third kappa shape index (κ3) is 2.89. The molecule has 1 saturated heterocycles. The normalized spacial score (nSPS) is 17.1. The Kier molecular flexibility index (Phi) is 4.12. The van der Waals surface area contributed by atoms with Crippen LogP contribution in [0.3, 0.4) is 0 Å². The number of rotatable bonds is 3. The van der Waals surface area contributed by atoms with Crippen LogP contribution in [0.1, 0.15) is 12.8 Å². The maximum Gasteiger partial charge on any atom is 0.174 e. The molecule has 1 fully saturated rings. The summed E-state index contributed by atoms with van der Waals surface area (Å²) in [5.41, 5.74) is 0.763. The summed E-state index contributed by atoms with van der Waals surface area (Å²) in [5, 5.41) is 1.11. The highest BCUT2D eigenvalue weighted by atomic mass is 35.5. The Bertz CT molecular complexity index is 642. The fourth-order valence-electron chi connectivity index (χ4n) is 2.61. The summed E-state index contributed by atoms with van der Waals surface area (Å²) in [7, 11) is 3.75. The predicted octanol–water partition coefficient (Wildman–Crippen LogP) is 2.76. The maximum absolute atomic E-state index is 6.24. The van der Waals surface area contributed by atoms with Crippen LogP contribution in [-0.4, -0.2) is 48.2 Å². The molecule has 0 spiro atoms. The summed E-state index contributed by atoms with van der Waals surface area (Å²) in [5.74, 6) is 1.31. The number of likely N-dealkylation sites (tertiary alicyclic amines) is 1. The lowest BCUT2D eigenvalue weighted by atomic mass is 10.1. The standard InChI is InChI=1S/C15H18ClN3O2/c1-19-7-5-10(6-8-19)21-14-12(20-2)4-3-11-13(14)15(16)18-9-17-11/h3-4,9-10H,5-8H2,1-2H3. The fraction of sp³-hybridized carbons (Fsp3) is 0.467. The Morgan fingerprint density at radius 2 is 2.00 bits per heavy atom. The number of nitrogens with zero attached hydrogens (tertiary/aromatic N) is 3. The Labute approximate surface area is 128 Å². The van der Waals surface area contributed by atoms with Gasteiger partial charge >= 0.3 is 0 Å². The smallest absolute Gasteiger partial charge is 0.174 e. The summed E-state index contributed by atoms with van der Waals surface area (Å²) >= 11 is 6.24. The topological polar surface area (TPSA) is 47.5 Å². The van der Waals surface area contributed by atoms with Crippen LogP contribution in [0.2, 0.25) is 5.15 Å². The highest BCUT2D eigenvalue weighted by Gasteiger charge is 2.22. The molecule has 0 unspecified atom stereocenters. The minimum Gasteiger partial charge on any atom is -0.493 e. The second kappa shape index (κ2) is 6.03. The number of benzene rings is 1. The Morgan fingerprint density at radius 1 is 1.24 bits per heavy atom. The lowest BCUT2D eigenvalue weighted by molar-refractivity contribution is 0.112. The molecule has 21 heavy (non-hydrogen) atoms. The summed E-state index contributed by atoms with van der Waals surface area (Å²) in [4.78, 5) is 10.6. The maximum atomic E-state index is 6.24. The third-order valence-electron chi connectivity index (χ3n) is 3.84. The van der Waals surface area contributed by atoms with Gasteiger partial charge in [0.2, 0.25) is 0 Å². The van der Waals surface area contributed by atoms with Crippen LogP contribution in [0.25, 0.3) is 10.9 Å². The average molecular weight is 308 g/mol. The zero-order chi connectivity index (χ0) is 14.8. The summed E-state index contributed by atoms with van der Waals surface area (Å²) < 4.78 is 11.6. The van der Waals surface area contributed by atoms with Crippen molar-refractivity contribution in [2.24, 2.45) is 0 Å². The molecule has 0 aliphatic carbocycles. The number of aromatic nitrogens is 2. The Balaban J connectivity index is 1.99. The average Bonchev–Trinajstić information content (AvgIpc) is 2.50. The van der Waals surface area contributed by atoms with Gasteiger partial charge in [-0.15, -0.1) is 0 Å². The van der Waals surface area contributed by atoms with E-state index < -0.39 is 0 Å². The van der Waals surface area contributed by atoms with E-state index in [-0.39, 0.29) is 6.10 Å². The van der Waals surface area contributed by atoms with Crippen molar-refractivity contribution < 1.29 is 9.47 Å². The van der Waals surface area contributed by atoms with Crippen molar-refractivity contribution in [3.8, 4) is 11.5 Å². The SMILES string of the molecule is COc1ccc2ncnc(Cl)c2c1OC1CCN(C)CC1. The molecule has 112 valence electrons. The number of fused-ring (bicyclic) bond motifs is 1. The molecule has 0 saturated carbocycles. The molecular formula is C15H18ClN3O2. The van der Waals surface area contributed by atoms with E-state index in [1.807, 2.05) is 12.1 Å². The molecule has 0 N–H and O–H groups in total. The van der Waals surface area contributed by atoms with Crippen molar-refractivity contribution in [1.29, 1.82) is 0 Å².